The van der Waals surface area contributed by atoms with Crippen LogP contribution in [0.15, 0.2) is 4.47 Å². The maximum absolute atomic E-state index is 6.38. The van der Waals surface area contributed by atoms with Crippen LogP contribution in [0, 0.1) is 5.92 Å². The second-order valence-electron chi connectivity index (χ2n) is 4.87. The predicted octanol–water partition coefficient (Wildman–Crippen LogP) is 2.85. The maximum atomic E-state index is 6.38. The highest BCUT2D eigenvalue weighted by Crippen LogP contribution is 2.29. The van der Waals surface area contributed by atoms with E-state index >= 15 is 0 Å². The highest BCUT2D eigenvalue weighted by Gasteiger charge is 2.25. The Labute approximate surface area is 122 Å². The van der Waals surface area contributed by atoms with Gasteiger partial charge in [-0.2, -0.15) is 16.9 Å². The summed E-state index contributed by atoms with van der Waals surface area (Å²) in [6, 6.07) is 0.267. The molecule has 0 saturated carbocycles. The molecular formula is C13H22BrN3S. The highest BCUT2D eigenvalue weighted by molar-refractivity contribution is 9.10. The standard InChI is InChI=1S/C13H22BrN3S/c1-3-11-13(14)12(17(4-2)16-11)7-10(15)9-5-6-18-8-9/h9-10H,3-8,15H2,1-2H3. The summed E-state index contributed by atoms with van der Waals surface area (Å²) in [6.45, 7) is 5.20. The fourth-order valence-electron chi connectivity index (χ4n) is 2.49. The molecule has 2 heterocycles. The van der Waals surface area contributed by atoms with Crippen LogP contribution >= 0.6 is 27.7 Å². The Bertz CT molecular complexity index is 399. The lowest BCUT2D eigenvalue weighted by Gasteiger charge is -2.18. The van der Waals surface area contributed by atoms with Crippen molar-refractivity contribution in [1.82, 2.24) is 9.78 Å². The number of nitrogens with two attached hydrogens (primary N) is 1. The fourth-order valence-corrected chi connectivity index (χ4v) is 4.57. The quantitative estimate of drug-likeness (QED) is 0.902. The van der Waals surface area contributed by atoms with Gasteiger partial charge in [-0.3, -0.25) is 4.68 Å². The van der Waals surface area contributed by atoms with Crippen LogP contribution in [0.2, 0.25) is 0 Å². The van der Waals surface area contributed by atoms with Gasteiger partial charge in [0.05, 0.1) is 15.9 Å². The molecule has 0 aromatic carbocycles. The topological polar surface area (TPSA) is 43.8 Å². The molecule has 5 heteroatoms. The third kappa shape index (κ3) is 2.94. The SMILES string of the molecule is CCc1nn(CC)c(CC(N)C2CCSC2)c1Br. The number of aromatic nitrogens is 2. The number of hydrogen-bond acceptors (Lipinski definition) is 3. The lowest BCUT2D eigenvalue weighted by molar-refractivity contribution is 0.447. The molecule has 1 aliphatic rings. The van der Waals surface area contributed by atoms with E-state index in [1.165, 1.54) is 28.1 Å². The molecule has 0 aliphatic carbocycles. The number of aryl methyl sites for hydroxylation is 2. The molecule has 0 amide bonds. The summed E-state index contributed by atoms with van der Waals surface area (Å²) in [4.78, 5) is 0. The van der Waals surface area contributed by atoms with Gasteiger partial charge in [-0.25, -0.2) is 0 Å². The van der Waals surface area contributed by atoms with Crippen molar-refractivity contribution in [2.75, 3.05) is 11.5 Å². The predicted molar refractivity (Wildman–Crippen MR) is 82.1 cm³/mol. The van der Waals surface area contributed by atoms with Gasteiger partial charge in [-0.15, -0.1) is 0 Å². The zero-order valence-electron chi connectivity index (χ0n) is 11.2. The van der Waals surface area contributed by atoms with Crippen LogP contribution in [0.3, 0.4) is 0 Å². The Hall–Kier alpha value is -0.000000000000000111. The van der Waals surface area contributed by atoms with Crippen molar-refractivity contribution in [3.63, 3.8) is 0 Å². The van der Waals surface area contributed by atoms with E-state index in [2.05, 4.69) is 39.6 Å². The van der Waals surface area contributed by atoms with Gasteiger partial charge in [-0.1, -0.05) is 6.92 Å². The Kier molecular flexibility index (Phi) is 5.15. The van der Waals surface area contributed by atoms with Crippen molar-refractivity contribution in [2.45, 2.75) is 45.7 Å². The van der Waals surface area contributed by atoms with E-state index in [0.717, 1.165) is 25.1 Å². The number of halogens is 1. The van der Waals surface area contributed by atoms with Gasteiger partial charge in [0, 0.05) is 19.0 Å². The first-order valence-corrected chi connectivity index (χ1v) is 8.69. The first kappa shape index (κ1) is 14.4. The van der Waals surface area contributed by atoms with E-state index in [-0.39, 0.29) is 6.04 Å². The van der Waals surface area contributed by atoms with Gasteiger partial charge >= 0.3 is 0 Å². The van der Waals surface area contributed by atoms with E-state index < -0.39 is 0 Å². The monoisotopic (exact) mass is 331 g/mol. The molecule has 0 bridgehead atoms. The Balaban J connectivity index is 2.14. The minimum absolute atomic E-state index is 0.267. The van der Waals surface area contributed by atoms with Crippen molar-refractivity contribution in [2.24, 2.45) is 11.7 Å². The van der Waals surface area contributed by atoms with Crippen LogP contribution in [0.25, 0.3) is 0 Å². The van der Waals surface area contributed by atoms with E-state index in [1.807, 2.05) is 11.8 Å². The molecule has 0 radical (unpaired) electrons. The molecule has 1 fully saturated rings. The number of thioether (sulfide) groups is 1. The van der Waals surface area contributed by atoms with E-state index in [0.29, 0.717) is 5.92 Å². The van der Waals surface area contributed by atoms with Crippen molar-refractivity contribution in [3.05, 3.63) is 15.9 Å². The summed E-state index contributed by atoms with van der Waals surface area (Å²) in [6.07, 6.45) is 3.17. The Morgan fingerprint density at radius 3 is 2.89 bits per heavy atom. The number of rotatable bonds is 5. The van der Waals surface area contributed by atoms with E-state index in [4.69, 9.17) is 5.73 Å². The minimum Gasteiger partial charge on any atom is -0.327 e. The zero-order chi connectivity index (χ0) is 13.1. The molecule has 1 aromatic rings. The highest BCUT2D eigenvalue weighted by atomic mass is 79.9. The van der Waals surface area contributed by atoms with E-state index in [9.17, 15) is 0 Å². The smallest absolute Gasteiger partial charge is 0.0766 e. The summed E-state index contributed by atoms with van der Waals surface area (Å²) >= 11 is 5.73. The van der Waals surface area contributed by atoms with Crippen molar-refractivity contribution in [3.8, 4) is 0 Å². The molecule has 2 unspecified atom stereocenters. The van der Waals surface area contributed by atoms with Gasteiger partial charge in [0.1, 0.15) is 0 Å². The molecule has 2 rings (SSSR count). The first-order valence-electron chi connectivity index (χ1n) is 6.74. The van der Waals surface area contributed by atoms with Crippen molar-refractivity contribution < 1.29 is 0 Å². The first-order chi connectivity index (χ1) is 8.67. The largest absolute Gasteiger partial charge is 0.327 e. The molecule has 2 N–H and O–H groups in total. The number of nitrogens with zero attached hydrogens (tertiary/aromatic N) is 2. The van der Waals surface area contributed by atoms with Crippen LogP contribution in [-0.4, -0.2) is 27.3 Å². The third-order valence-electron chi connectivity index (χ3n) is 3.69. The Morgan fingerprint density at radius 1 is 1.56 bits per heavy atom. The van der Waals surface area contributed by atoms with Crippen LogP contribution in [0.4, 0.5) is 0 Å². The molecule has 2 atom stereocenters. The van der Waals surface area contributed by atoms with Gasteiger partial charge < -0.3 is 5.73 Å². The van der Waals surface area contributed by atoms with Gasteiger partial charge in [0.25, 0.3) is 0 Å². The van der Waals surface area contributed by atoms with Gasteiger partial charge in [-0.05, 0) is 53.1 Å². The lowest BCUT2D eigenvalue weighted by Crippen LogP contribution is -2.33. The molecule has 1 aliphatic heterocycles. The summed E-state index contributed by atoms with van der Waals surface area (Å²) in [5, 5.41) is 4.64. The average Bonchev–Trinajstić information content (AvgIpc) is 2.99. The molecule has 18 heavy (non-hydrogen) atoms. The maximum Gasteiger partial charge on any atom is 0.0766 e. The van der Waals surface area contributed by atoms with Crippen molar-refractivity contribution >= 4 is 27.7 Å². The van der Waals surface area contributed by atoms with Gasteiger partial charge in [0.2, 0.25) is 0 Å². The van der Waals surface area contributed by atoms with Crippen LogP contribution in [0.5, 0.6) is 0 Å². The molecule has 1 saturated heterocycles. The molecule has 102 valence electrons. The third-order valence-corrected chi connectivity index (χ3v) is 5.80. The number of hydrogen-bond donors (Lipinski definition) is 1. The summed E-state index contributed by atoms with van der Waals surface area (Å²) < 4.78 is 3.28. The van der Waals surface area contributed by atoms with E-state index in [1.54, 1.807) is 0 Å². The van der Waals surface area contributed by atoms with Crippen LogP contribution in [-0.2, 0) is 19.4 Å². The second kappa shape index (κ2) is 6.44. The fraction of sp³-hybridized carbons (Fsp3) is 0.769. The van der Waals surface area contributed by atoms with Crippen molar-refractivity contribution in [1.29, 1.82) is 0 Å². The summed E-state index contributed by atoms with van der Waals surface area (Å²) in [5.41, 5.74) is 8.81. The second-order valence-corrected chi connectivity index (χ2v) is 6.81. The minimum atomic E-state index is 0.267. The normalized spacial score (nSPS) is 21.4. The summed E-state index contributed by atoms with van der Waals surface area (Å²) in [5.74, 6) is 3.17. The molecule has 3 nitrogen and oxygen atoms in total. The molecule has 1 aromatic heterocycles. The van der Waals surface area contributed by atoms with Crippen LogP contribution in [0.1, 0.15) is 31.7 Å². The molecular weight excluding hydrogens is 310 g/mol. The lowest BCUT2D eigenvalue weighted by atomic mass is 9.96. The molecule has 0 spiro atoms. The van der Waals surface area contributed by atoms with Crippen LogP contribution < -0.4 is 5.73 Å². The average molecular weight is 332 g/mol. The van der Waals surface area contributed by atoms with Gasteiger partial charge in [0.15, 0.2) is 0 Å². The zero-order valence-corrected chi connectivity index (χ0v) is 13.6. The Morgan fingerprint density at radius 2 is 2.33 bits per heavy atom. The summed E-state index contributed by atoms with van der Waals surface area (Å²) in [7, 11) is 0.